The standard InChI is InChI=1S/C17H29O3/c1-12(18)20-11-14-16(4)9-6-8-15(2,3)13(16)7-10-17(14,5)19/h8,13-14,19H,6-7,9-11H2,1-5H3/t13-,14+,16-,17+/m0/s1. The summed E-state index contributed by atoms with van der Waals surface area (Å²) in [5, 5.41) is 10.8. The van der Waals surface area contributed by atoms with E-state index < -0.39 is 5.60 Å². The first kappa shape index (κ1) is 15.8. The predicted octanol–water partition coefficient (Wildman–Crippen LogP) is 3.36. The maximum atomic E-state index is 11.2. The molecule has 0 aromatic carbocycles. The highest BCUT2D eigenvalue weighted by Crippen LogP contribution is 2.61. The molecule has 3 nitrogen and oxygen atoms in total. The zero-order valence-corrected chi connectivity index (χ0v) is 13.5. The van der Waals surface area contributed by atoms with Gasteiger partial charge in [-0.25, -0.2) is 0 Å². The van der Waals surface area contributed by atoms with Gasteiger partial charge < -0.3 is 9.84 Å². The average molecular weight is 281 g/mol. The van der Waals surface area contributed by atoms with E-state index in [1.54, 1.807) is 0 Å². The largest absolute Gasteiger partial charge is 0.465 e. The molecule has 2 rings (SSSR count). The van der Waals surface area contributed by atoms with Crippen molar-refractivity contribution in [1.82, 2.24) is 0 Å². The Hall–Kier alpha value is -0.570. The molecule has 2 fully saturated rings. The van der Waals surface area contributed by atoms with E-state index in [1.807, 2.05) is 6.92 Å². The van der Waals surface area contributed by atoms with E-state index in [4.69, 9.17) is 4.74 Å². The van der Waals surface area contributed by atoms with Crippen molar-refractivity contribution in [1.29, 1.82) is 0 Å². The first-order valence-electron chi connectivity index (χ1n) is 7.80. The van der Waals surface area contributed by atoms with Crippen molar-refractivity contribution in [2.75, 3.05) is 6.61 Å². The molecule has 2 saturated carbocycles. The highest BCUT2D eigenvalue weighted by atomic mass is 16.5. The van der Waals surface area contributed by atoms with E-state index in [0.29, 0.717) is 12.5 Å². The van der Waals surface area contributed by atoms with Crippen molar-refractivity contribution >= 4 is 5.97 Å². The van der Waals surface area contributed by atoms with Crippen molar-refractivity contribution in [2.45, 2.75) is 65.9 Å². The van der Waals surface area contributed by atoms with Crippen LogP contribution in [-0.4, -0.2) is 23.3 Å². The molecule has 0 unspecified atom stereocenters. The Bertz CT molecular complexity index is 386. The van der Waals surface area contributed by atoms with Crippen LogP contribution in [0.15, 0.2) is 0 Å². The normalized spacial score (nSPS) is 43.7. The average Bonchev–Trinajstić information content (AvgIpc) is 2.25. The molecule has 0 aromatic heterocycles. The molecule has 4 atom stereocenters. The molecular formula is C17H29O3. The number of esters is 1. The van der Waals surface area contributed by atoms with Crippen LogP contribution in [0.2, 0.25) is 0 Å². The van der Waals surface area contributed by atoms with Gasteiger partial charge in [-0.2, -0.15) is 0 Å². The number of carbonyl (C=O) groups excluding carboxylic acids is 1. The Morgan fingerprint density at radius 1 is 1.30 bits per heavy atom. The van der Waals surface area contributed by atoms with Crippen LogP contribution in [0.5, 0.6) is 0 Å². The number of hydrogen-bond donors (Lipinski definition) is 1. The molecule has 115 valence electrons. The molecule has 20 heavy (non-hydrogen) atoms. The third-order valence-corrected chi connectivity index (χ3v) is 5.99. The third kappa shape index (κ3) is 2.61. The van der Waals surface area contributed by atoms with Crippen LogP contribution in [-0.2, 0) is 9.53 Å². The fraction of sp³-hybridized carbons (Fsp3) is 0.882. The van der Waals surface area contributed by atoms with E-state index in [9.17, 15) is 9.90 Å². The minimum absolute atomic E-state index is 0.0191. The van der Waals surface area contributed by atoms with Crippen molar-refractivity contribution in [2.24, 2.45) is 22.7 Å². The van der Waals surface area contributed by atoms with Crippen molar-refractivity contribution in [3.8, 4) is 0 Å². The van der Waals surface area contributed by atoms with E-state index in [2.05, 4.69) is 27.2 Å². The first-order chi connectivity index (χ1) is 9.09. The molecule has 0 bridgehead atoms. The number of rotatable bonds is 2. The lowest BCUT2D eigenvalue weighted by Gasteiger charge is -2.60. The second-order valence-corrected chi connectivity index (χ2v) is 7.87. The zero-order chi connectivity index (χ0) is 15.2. The van der Waals surface area contributed by atoms with E-state index >= 15 is 0 Å². The summed E-state index contributed by atoms with van der Waals surface area (Å²) in [4.78, 5) is 11.2. The van der Waals surface area contributed by atoms with Crippen LogP contribution in [0.4, 0.5) is 0 Å². The van der Waals surface area contributed by atoms with Crippen molar-refractivity contribution in [3.05, 3.63) is 6.42 Å². The summed E-state index contributed by atoms with van der Waals surface area (Å²) in [6.45, 7) is 10.6. The predicted molar refractivity (Wildman–Crippen MR) is 78.9 cm³/mol. The number of aliphatic hydroxyl groups is 1. The molecule has 1 radical (unpaired) electrons. The van der Waals surface area contributed by atoms with Gasteiger partial charge in [-0.3, -0.25) is 4.79 Å². The first-order valence-corrected chi connectivity index (χ1v) is 7.80. The molecule has 0 amide bonds. The Balaban J connectivity index is 2.30. The summed E-state index contributed by atoms with van der Waals surface area (Å²) in [5.41, 5.74) is -0.512. The Labute approximate surface area is 123 Å². The van der Waals surface area contributed by atoms with Crippen LogP contribution in [0.25, 0.3) is 0 Å². The van der Waals surface area contributed by atoms with Gasteiger partial charge >= 0.3 is 5.97 Å². The van der Waals surface area contributed by atoms with E-state index in [0.717, 1.165) is 25.7 Å². The quantitative estimate of drug-likeness (QED) is 0.789. The summed E-state index contributed by atoms with van der Waals surface area (Å²) in [6.07, 6.45) is 6.41. The fourth-order valence-electron chi connectivity index (χ4n) is 4.93. The van der Waals surface area contributed by atoms with Crippen molar-refractivity contribution < 1.29 is 14.6 Å². The molecule has 2 aliphatic carbocycles. The van der Waals surface area contributed by atoms with Crippen LogP contribution < -0.4 is 0 Å². The maximum Gasteiger partial charge on any atom is 0.302 e. The van der Waals surface area contributed by atoms with Crippen molar-refractivity contribution in [3.63, 3.8) is 0 Å². The van der Waals surface area contributed by atoms with Gasteiger partial charge in [-0.1, -0.05) is 20.8 Å². The number of carbonyl (C=O) groups is 1. The molecule has 0 aromatic rings. The number of ether oxygens (including phenoxy) is 1. The van der Waals surface area contributed by atoms with Crippen LogP contribution in [0.1, 0.15) is 60.3 Å². The molecule has 0 heterocycles. The van der Waals surface area contributed by atoms with Gasteiger partial charge in [0.25, 0.3) is 0 Å². The molecule has 1 N–H and O–H groups in total. The highest BCUT2D eigenvalue weighted by Gasteiger charge is 2.58. The summed E-state index contributed by atoms with van der Waals surface area (Å²) in [5.74, 6) is 0.309. The second-order valence-electron chi connectivity index (χ2n) is 7.87. The lowest BCUT2D eigenvalue weighted by Crippen LogP contribution is -2.59. The summed E-state index contributed by atoms with van der Waals surface area (Å²) in [7, 11) is 0. The molecule has 0 spiro atoms. The van der Waals surface area contributed by atoms with E-state index in [1.165, 1.54) is 6.92 Å². The Kier molecular flexibility index (Phi) is 3.96. The number of fused-ring (bicyclic) bond motifs is 1. The topological polar surface area (TPSA) is 46.5 Å². The highest BCUT2D eigenvalue weighted by molar-refractivity contribution is 5.65. The van der Waals surface area contributed by atoms with Gasteiger partial charge in [0.15, 0.2) is 0 Å². The smallest absolute Gasteiger partial charge is 0.302 e. The summed E-state index contributed by atoms with van der Waals surface area (Å²) < 4.78 is 5.29. The molecule has 0 aliphatic heterocycles. The minimum Gasteiger partial charge on any atom is -0.465 e. The van der Waals surface area contributed by atoms with Crippen LogP contribution >= 0.6 is 0 Å². The van der Waals surface area contributed by atoms with Gasteiger partial charge in [0, 0.05) is 12.8 Å². The maximum absolute atomic E-state index is 11.2. The van der Waals surface area contributed by atoms with Crippen LogP contribution in [0, 0.1) is 29.1 Å². The summed E-state index contributed by atoms with van der Waals surface area (Å²) >= 11 is 0. The third-order valence-electron chi connectivity index (χ3n) is 5.99. The Morgan fingerprint density at radius 3 is 2.55 bits per heavy atom. The monoisotopic (exact) mass is 281 g/mol. The van der Waals surface area contributed by atoms with E-state index in [-0.39, 0.29) is 22.7 Å². The SMILES string of the molecule is CC(=O)OC[C@@H]1[C@@]2(C)CC[CH]C(C)(C)[C@@H]2CC[C@@]1(C)O. The Morgan fingerprint density at radius 2 is 1.95 bits per heavy atom. The van der Waals surface area contributed by atoms with Gasteiger partial charge in [-0.05, 0) is 55.8 Å². The lowest BCUT2D eigenvalue weighted by molar-refractivity contribution is -0.181. The molecule has 3 heteroatoms. The second kappa shape index (κ2) is 5.01. The van der Waals surface area contributed by atoms with Gasteiger partial charge in [0.05, 0.1) is 12.2 Å². The van der Waals surface area contributed by atoms with Gasteiger partial charge in [0.2, 0.25) is 0 Å². The number of hydrogen-bond acceptors (Lipinski definition) is 3. The fourth-order valence-corrected chi connectivity index (χ4v) is 4.93. The molecule has 0 saturated heterocycles. The van der Waals surface area contributed by atoms with Crippen LogP contribution in [0.3, 0.4) is 0 Å². The minimum atomic E-state index is -0.742. The summed E-state index contributed by atoms with van der Waals surface area (Å²) in [6, 6.07) is 0. The lowest BCUT2D eigenvalue weighted by atomic mass is 9.46. The molecule has 2 aliphatic rings. The van der Waals surface area contributed by atoms with Gasteiger partial charge in [0.1, 0.15) is 0 Å². The molecular weight excluding hydrogens is 252 g/mol. The zero-order valence-electron chi connectivity index (χ0n) is 13.5. The van der Waals surface area contributed by atoms with Gasteiger partial charge in [-0.15, -0.1) is 0 Å².